The van der Waals surface area contributed by atoms with Crippen molar-refractivity contribution >= 4 is 28.4 Å². The molecule has 0 N–H and O–H groups in total. The Bertz CT molecular complexity index is 627. The molecule has 2 aromatic rings. The molecule has 1 unspecified atom stereocenters. The van der Waals surface area contributed by atoms with Crippen molar-refractivity contribution < 1.29 is 9.53 Å². The first-order valence-corrected chi connectivity index (χ1v) is 10.8. The van der Waals surface area contributed by atoms with E-state index in [4.69, 9.17) is 4.74 Å². The van der Waals surface area contributed by atoms with Crippen LogP contribution >= 0.6 is 22.6 Å². The molecule has 3 nitrogen and oxygen atoms in total. The van der Waals surface area contributed by atoms with Crippen LogP contribution in [0.4, 0.5) is 0 Å². The molecule has 0 aliphatic heterocycles. The van der Waals surface area contributed by atoms with Crippen molar-refractivity contribution in [1.29, 1.82) is 0 Å². The molecule has 2 rings (SSSR count). The molecule has 136 valence electrons. The van der Waals surface area contributed by atoms with Gasteiger partial charge in [0, 0.05) is 11.6 Å². The van der Waals surface area contributed by atoms with Gasteiger partial charge in [0.15, 0.2) is 5.78 Å². The van der Waals surface area contributed by atoms with E-state index >= 15 is 0 Å². The second kappa shape index (κ2) is 12.0. The summed E-state index contributed by atoms with van der Waals surface area (Å²) < 4.78 is 5.96. The maximum absolute atomic E-state index is 12.7. The maximum Gasteiger partial charge on any atom is 0.196 e. The number of carbonyl (C=O) groups is 1. The van der Waals surface area contributed by atoms with Crippen molar-refractivity contribution in [3.63, 3.8) is 0 Å². The summed E-state index contributed by atoms with van der Waals surface area (Å²) in [5.74, 6) is 0.650. The number of nitrogens with zero attached hydrogens (tertiary/aromatic N) is 1. The van der Waals surface area contributed by atoms with Crippen molar-refractivity contribution in [3.8, 4) is 5.75 Å². The molecular weight excluding hydrogens is 425 g/mol. The zero-order chi connectivity index (χ0) is 18.7. The van der Waals surface area contributed by atoms with Gasteiger partial charge < -0.3 is 4.74 Å². The summed E-state index contributed by atoms with van der Waals surface area (Å²) in [7, 11) is 0. The molecule has 1 atom stereocenters. The zero-order valence-corrected chi connectivity index (χ0v) is 17.7. The summed E-state index contributed by atoms with van der Waals surface area (Å²) in [6.45, 7) is 8.99. The molecular formula is C21H28INO2. The highest BCUT2D eigenvalue weighted by Crippen LogP contribution is 2.22. The number of alkyl halides is 1. The monoisotopic (exact) mass is 453 g/mol. The van der Waals surface area contributed by atoms with Gasteiger partial charge in [-0.1, -0.05) is 78.9 Å². The molecule has 0 aromatic heterocycles. The van der Waals surface area contributed by atoms with E-state index in [1.54, 1.807) is 0 Å². The van der Waals surface area contributed by atoms with E-state index in [-0.39, 0.29) is 5.78 Å². The lowest BCUT2D eigenvalue weighted by atomic mass is 10.0. The van der Waals surface area contributed by atoms with Crippen molar-refractivity contribution in [3.05, 3.63) is 65.7 Å². The van der Waals surface area contributed by atoms with E-state index in [0.717, 1.165) is 13.1 Å². The Morgan fingerprint density at radius 3 is 2.16 bits per heavy atom. The van der Waals surface area contributed by atoms with Crippen LogP contribution in [0.5, 0.6) is 5.75 Å². The van der Waals surface area contributed by atoms with Crippen LogP contribution in [0, 0.1) is 0 Å². The molecule has 2 aromatic carbocycles. The molecule has 0 heterocycles. The van der Waals surface area contributed by atoms with Gasteiger partial charge in [-0.25, -0.2) is 0 Å². The number of likely N-dealkylation sites (N-methyl/N-ethyl adjacent to an activating group) is 1. The third-order valence-corrected chi connectivity index (χ3v) is 4.08. The molecule has 0 saturated heterocycles. The van der Waals surface area contributed by atoms with E-state index in [2.05, 4.69) is 48.3 Å². The van der Waals surface area contributed by atoms with Crippen LogP contribution in [-0.2, 0) is 0 Å². The average Bonchev–Trinajstić information content (AvgIpc) is 2.69. The smallest absolute Gasteiger partial charge is 0.196 e. The number of carbonyl (C=O) groups excluding carboxylic acids is 1. The summed E-state index contributed by atoms with van der Waals surface area (Å²) in [6, 6.07) is 17.1. The van der Waals surface area contributed by atoms with Crippen LogP contribution in [0.1, 0.15) is 36.7 Å². The number of benzene rings is 2. The van der Waals surface area contributed by atoms with E-state index in [0.29, 0.717) is 29.5 Å². The first kappa shape index (κ1) is 21.6. The normalized spacial score (nSPS) is 11.4. The van der Waals surface area contributed by atoms with Gasteiger partial charge in [-0.3, -0.25) is 9.69 Å². The van der Waals surface area contributed by atoms with Crippen LogP contribution < -0.4 is 4.74 Å². The fourth-order valence-corrected chi connectivity index (χ4v) is 2.69. The van der Waals surface area contributed by atoms with Crippen molar-refractivity contribution in [1.82, 2.24) is 4.90 Å². The van der Waals surface area contributed by atoms with E-state index in [1.165, 1.54) is 0 Å². The molecule has 25 heavy (non-hydrogen) atoms. The Labute approximate surface area is 165 Å². The minimum Gasteiger partial charge on any atom is -0.491 e. The number of ketones is 1. The maximum atomic E-state index is 12.7. The second-order valence-electron chi connectivity index (χ2n) is 5.57. The van der Waals surface area contributed by atoms with Gasteiger partial charge in [0.2, 0.25) is 0 Å². The summed E-state index contributed by atoms with van der Waals surface area (Å²) in [4.78, 5) is 17.0. The van der Waals surface area contributed by atoms with Crippen LogP contribution in [0.15, 0.2) is 54.6 Å². The average molecular weight is 453 g/mol. The van der Waals surface area contributed by atoms with Crippen LogP contribution in [0.3, 0.4) is 0 Å². The van der Waals surface area contributed by atoms with E-state index in [9.17, 15) is 4.79 Å². The minimum atomic E-state index is -0.00306. The van der Waals surface area contributed by atoms with Crippen LogP contribution in [0.25, 0.3) is 0 Å². The second-order valence-corrected chi connectivity index (χ2v) is 5.57. The molecule has 0 bridgehead atoms. The summed E-state index contributed by atoms with van der Waals surface area (Å²) in [6.07, 6.45) is 0. The first-order valence-electron chi connectivity index (χ1n) is 8.60. The third-order valence-electron chi connectivity index (χ3n) is 4.08. The Balaban J connectivity index is 0.00000151. The van der Waals surface area contributed by atoms with Crippen LogP contribution in [-0.4, -0.2) is 41.4 Å². The number of halogens is 1. The van der Waals surface area contributed by atoms with Gasteiger partial charge >= 0.3 is 0 Å². The van der Waals surface area contributed by atoms with Crippen molar-refractivity contribution in [2.75, 3.05) is 24.6 Å². The molecule has 0 aliphatic rings. The molecule has 0 aliphatic carbocycles. The standard InChI is InChI=1S/C20H25NO2.CH3I/c1-4-21(5-2)16(3)15-23-19-14-10-9-13-18(19)20(22)17-11-7-6-8-12-17;1-2/h6-14,16H,4-5,15H2,1-3H3;1H3. The SMILES string of the molecule is CCN(CC)C(C)COc1ccccc1C(=O)c1ccccc1.CI. The summed E-state index contributed by atoms with van der Waals surface area (Å²) in [5, 5.41) is 0. The van der Waals surface area contributed by atoms with Gasteiger partial charge in [-0.05, 0) is 37.1 Å². The lowest BCUT2D eigenvalue weighted by molar-refractivity contribution is 0.103. The van der Waals surface area contributed by atoms with E-state index in [1.807, 2.05) is 59.5 Å². The van der Waals surface area contributed by atoms with Gasteiger partial charge in [-0.15, -0.1) is 0 Å². The van der Waals surface area contributed by atoms with Crippen molar-refractivity contribution in [2.45, 2.75) is 26.8 Å². The van der Waals surface area contributed by atoms with Crippen molar-refractivity contribution in [2.24, 2.45) is 0 Å². The number of rotatable bonds is 8. The third kappa shape index (κ3) is 6.44. The first-order chi connectivity index (χ1) is 12.2. The highest BCUT2D eigenvalue weighted by Gasteiger charge is 2.16. The highest BCUT2D eigenvalue weighted by atomic mass is 127. The fourth-order valence-electron chi connectivity index (χ4n) is 2.69. The highest BCUT2D eigenvalue weighted by molar-refractivity contribution is 14.1. The molecule has 4 heteroatoms. The molecule has 0 amide bonds. The largest absolute Gasteiger partial charge is 0.491 e. The van der Waals surface area contributed by atoms with E-state index < -0.39 is 0 Å². The summed E-state index contributed by atoms with van der Waals surface area (Å²) >= 11 is 2.15. The quantitative estimate of drug-likeness (QED) is 0.317. The number of para-hydroxylation sites is 1. The summed E-state index contributed by atoms with van der Waals surface area (Å²) in [5.41, 5.74) is 1.30. The van der Waals surface area contributed by atoms with Gasteiger partial charge in [0.25, 0.3) is 0 Å². The Morgan fingerprint density at radius 1 is 1.00 bits per heavy atom. The zero-order valence-electron chi connectivity index (χ0n) is 15.5. The number of hydrogen-bond donors (Lipinski definition) is 0. The number of ether oxygens (including phenoxy) is 1. The molecule has 0 saturated carbocycles. The predicted molar refractivity (Wildman–Crippen MR) is 114 cm³/mol. The number of hydrogen-bond acceptors (Lipinski definition) is 3. The van der Waals surface area contributed by atoms with Gasteiger partial charge in [0.1, 0.15) is 12.4 Å². The minimum absolute atomic E-state index is 0.00306. The molecule has 0 fully saturated rings. The Kier molecular flexibility index (Phi) is 10.4. The Hall–Kier alpha value is -1.40. The fraction of sp³-hybridized carbons (Fsp3) is 0.381. The lowest BCUT2D eigenvalue weighted by Crippen LogP contribution is -2.37. The Morgan fingerprint density at radius 2 is 1.56 bits per heavy atom. The van der Waals surface area contributed by atoms with Gasteiger partial charge in [0.05, 0.1) is 5.56 Å². The van der Waals surface area contributed by atoms with Crippen LogP contribution in [0.2, 0.25) is 0 Å². The molecule has 0 radical (unpaired) electrons. The molecule has 0 spiro atoms. The topological polar surface area (TPSA) is 29.5 Å². The van der Waals surface area contributed by atoms with Gasteiger partial charge in [-0.2, -0.15) is 0 Å². The lowest BCUT2D eigenvalue weighted by Gasteiger charge is -2.26. The predicted octanol–water partition coefficient (Wildman–Crippen LogP) is 5.08.